The second-order valence-corrected chi connectivity index (χ2v) is 3.27. The number of carboxylic acids is 1. The molecule has 0 spiro atoms. The normalized spacial score (nSPS) is 9.65. The minimum atomic E-state index is -1.45. The number of nitrogens with zero attached hydrogens (tertiary/aromatic N) is 2. The average Bonchev–Trinajstić information content (AvgIpc) is 2.76. The molecule has 2 rings (SSSR count). The molecule has 82 valence electrons. The van der Waals surface area contributed by atoms with Crippen molar-refractivity contribution in [2.75, 3.05) is 0 Å². The van der Waals surface area contributed by atoms with Gasteiger partial charge in [-0.1, -0.05) is 30.3 Å². The number of carbonyl (C=O) groups is 1. The van der Waals surface area contributed by atoms with Crippen molar-refractivity contribution in [1.29, 1.82) is 0 Å². The van der Waals surface area contributed by atoms with E-state index < -0.39 is 11.9 Å². The van der Waals surface area contributed by atoms with Gasteiger partial charge in [0.25, 0.3) is 5.89 Å². The topological polar surface area (TPSA) is 79.0 Å². The molecule has 0 atom stereocenters. The summed E-state index contributed by atoms with van der Waals surface area (Å²) in [6, 6.07) is 9.78. The van der Waals surface area contributed by atoms with E-state index in [0.717, 1.165) is 12.0 Å². The minimum Gasteiger partial charge on any atom is -0.540 e. The molecule has 2 aromatic rings. The smallest absolute Gasteiger partial charge is 0.540 e. The number of hydrogen-bond donors (Lipinski definition) is 0. The molecule has 0 aliphatic heterocycles. The summed E-state index contributed by atoms with van der Waals surface area (Å²) in [6.45, 7) is 0. The van der Waals surface area contributed by atoms with Crippen LogP contribution in [0.2, 0.25) is 0 Å². The van der Waals surface area contributed by atoms with Crippen LogP contribution in [0.5, 0.6) is 0 Å². The number of carbonyl (C=O) groups excluding carboxylic acids is 1. The number of carboxylic acid groups (broad SMARTS) is 1. The fourth-order valence-corrected chi connectivity index (χ4v) is 1.33. The molecule has 0 fully saturated rings. The largest absolute Gasteiger partial charge is 1.00 e. The summed E-state index contributed by atoms with van der Waals surface area (Å²) in [5, 5.41) is 17.3. The van der Waals surface area contributed by atoms with E-state index in [0.29, 0.717) is 12.3 Å². The number of rotatable bonds is 4. The first-order valence-corrected chi connectivity index (χ1v) is 4.83. The first-order valence-electron chi connectivity index (χ1n) is 4.83. The molecule has 0 saturated heterocycles. The van der Waals surface area contributed by atoms with Crippen LogP contribution in [-0.4, -0.2) is 16.2 Å². The van der Waals surface area contributed by atoms with Gasteiger partial charge in [0.15, 0.2) is 0 Å². The van der Waals surface area contributed by atoms with Crippen LogP contribution in [0, 0.1) is 0 Å². The van der Waals surface area contributed by atoms with E-state index in [9.17, 15) is 9.90 Å². The van der Waals surface area contributed by atoms with Gasteiger partial charge in [0.2, 0.25) is 5.89 Å². The first kappa shape index (κ1) is 13.5. The molecule has 0 amide bonds. The van der Waals surface area contributed by atoms with Crippen molar-refractivity contribution in [2.45, 2.75) is 12.8 Å². The Morgan fingerprint density at radius 3 is 2.47 bits per heavy atom. The zero-order valence-electron chi connectivity index (χ0n) is 9.42. The van der Waals surface area contributed by atoms with E-state index in [1.54, 1.807) is 0 Å². The third-order valence-corrected chi connectivity index (χ3v) is 2.11. The Morgan fingerprint density at radius 1 is 1.18 bits per heavy atom. The van der Waals surface area contributed by atoms with Crippen molar-refractivity contribution < 1.29 is 33.2 Å². The monoisotopic (exact) mass is 224 g/mol. The number of benzene rings is 1. The Labute approximate surface area is 110 Å². The summed E-state index contributed by atoms with van der Waals surface area (Å²) >= 11 is 0. The van der Waals surface area contributed by atoms with Gasteiger partial charge in [0.1, 0.15) is 5.97 Å². The maximum absolute atomic E-state index is 10.4. The molecule has 0 unspecified atom stereocenters. The second kappa shape index (κ2) is 6.23. The summed E-state index contributed by atoms with van der Waals surface area (Å²) in [5.41, 5.74) is 1.13. The SMILES string of the molecule is O=C([O-])c1nnc(CCc2ccccc2)o1.[Li+]. The average molecular weight is 224 g/mol. The predicted octanol–water partition coefficient (Wildman–Crippen LogP) is -2.78. The molecular formula is C11H9LiN2O3. The van der Waals surface area contributed by atoms with Gasteiger partial charge in [0, 0.05) is 6.42 Å². The van der Waals surface area contributed by atoms with Gasteiger partial charge in [-0.05, 0) is 12.0 Å². The second-order valence-electron chi connectivity index (χ2n) is 3.27. The van der Waals surface area contributed by atoms with Gasteiger partial charge in [0.05, 0.1) is 0 Å². The van der Waals surface area contributed by atoms with Gasteiger partial charge >= 0.3 is 18.9 Å². The van der Waals surface area contributed by atoms with Gasteiger partial charge in [-0.25, -0.2) is 0 Å². The summed E-state index contributed by atoms with van der Waals surface area (Å²) in [4.78, 5) is 10.4. The standard InChI is InChI=1S/C11H10N2O3.Li/c14-11(15)10-13-12-9(16-10)7-6-8-4-2-1-3-5-8;/h1-5H,6-7H2,(H,14,15);/q;+1/p-1. The van der Waals surface area contributed by atoms with Crippen LogP contribution in [0.1, 0.15) is 22.1 Å². The summed E-state index contributed by atoms with van der Waals surface area (Å²) in [7, 11) is 0. The van der Waals surface area contributed by atoms with E-state index in [-0.39, 0.29) is 18.9 Å². The van der Waals surface area contributed by atoms with Crippen molar-refractivity contribution in [3.8, 4) is 0 Å². The Balaban J connectivity index is 0.00000144. The molecule has 17 heavy (non-hydrogen) atoms. The van der Waals surface area contributed by atoms with Crippen molar-refractivity contribution >= 4 is 5.97 Å². The van der Waals surface area contributed by atoms with Crippen LogP contribution >= 0.6 is 0 Å². The minimum absolute atomic E-state index is 0. The van der Waals surface area contributed by atoms with Crippen molar-refractivity contribution in [2.24, 2.45) is 0 Å². The molecule has 1 heterocycles. The Hall–Kier alpha value is -1.57. The number of aromatic nitrogens is 2. The van der Waals surface area contributed by atoms with Crippen LogP contribution in [-0.2, 0) is 12.8 Å². The fourth-order valence-electron chi connectivity index (χ4n) is 1.33. The number of aryl methyl sites for hydroxylation is 2. The van der Waals surface area contributed by atoms with E-state index in [1.165, 1.54) is 0 Å². The third-order valence-electron chi connectivity index (χ3n) is 2.11. The van der Waals surface area contributed by atoms with Crippen molar-refractivity contribution in [3.05, 3.63) is 47.7 Å². The molecule has 0 radical (unpaired) electrons. The Kier molecular flexibility index (Phi) is 4.95. The molecule has 0 aliphatic rings. The van der Waals surface area contributed by atoms with Crippen LogP contribution in [0.3, 0.4) is 0 Å². The van der Waals surface area contributed by atoms with E-state index in [2.05, 4.69) is 10.2 Å². The molecule has 0 N–H and O–H groups in total. The van der Waals surface area contributed by atoms with Crippen LogP contribution in [0.25, 0.3) is 0 Å². The molecule has 0 aliphatic carbocycles. The molecule has 1 aromatic heterocycles. The molecule has 0 saturated carbocycles. The summed E-state index contributed by atoms with van der Waals surface area (Å²) in [6.07, 6.45) is 1.25. The Bertz CT molecular complexity index is 484. The fraction of sp³-hybridized carbons (Fsp3) is 0.182. The van der Waals surface area contributed by atoms with Crippen LogP contribution in [0.15, 0.2) is 34.7 Å². The van der Waals surface area contributed by atoms with Crippen molar-refractivity contribution in [3.63, 3.8) is 0 Å². The molecule has 0 bridgehead atoms. The predicted molar refractivity (Wildman–Crippen MR) is 52.5 cm³/mol. The van der Waals surface area contributed by atoms with Gasteiger partial charge in [-0.3, -0.25) is 0 Å². The molecule has 6 heteroatoms. The van der Waals surface area contributed by atoms with Gasteiger partial charge in [-0.15, -0.1) is 10.2 Å². The zero-order chi connectivity index (χ0) is 11.4. The van der Waals surface area contributed by atoms with Crippen LogP contribution in [0.4, 0.5) is 0 Å². The molecule has 1 aromatic carbocycles. The first-order chi connectivity index (χ1) is 7.75. The number of aromatic carboxylic acids is 1. The van der Waals surface area contributed by atoms with Gasteiger partial charge < -0.3 is 14.3 Å². The number of hydrogen-bond acceptors (Lipinski definition) is 5. The summed E-state index contributed by atoms with van der Waals surface area (Å²) < 4.78 is 4.88. The van der Waals surface area contributed by atoms with Crippen LogP contribution < -0.4 is 24.0 Å². The van der Waals surface area contributed by atoms with Gasteiger partial charge in [-0.2, -0.15) is 0 Å². The van der Waals surface area contributed by atoms with Crippen molar-refractivity contribution in [1.82, 2.24) is 10.2 Å². The van der Waals surface area contributed by atoms with E-state index in [1.807, 2.05) is 30.3 Å². The van der Waals surface area contributed by atoms with E-state index >= 15 is 0 Å². The summed E-state index contributed by atoms with van der Waals surface area (Å²) in [5.74, 6) is -1.61. The maximum Gasteiger partial charge on any atom is 1.00 e. The third kappa shape index (κ3) is 3.73. The Morgan fingerprint density at radius 2 is 1.88 bits per heavy atom. The quantitative estimate of drug-likeness (QED) is 0.525. The molecular weight excluding hydrogens is 215 g/mol. The van der Waals surface area contributed by atoms with E-state index in [4.69, 9.17) is 4.42 Å². The molecule has 5 nitrogen and oxygen atoms in total. The maximum atomic E-state index is 10.4. The zero-order valence-corrected chi connectivity index (χ0v) is 9.42.